The number of allylic oxidation sites excluding steroid dienone is 3. The fourth-order valence-corrected chi connectivity index (χ4v) is 4.59. The Kier molecular flexibility index (Phi) is 4.90. The molecule has 33 heavy (non-hydrogen) atoms. The number of nitrogens with zero attached hydrogens (tertiary/aromatic N) is 5. The van der Waals surface area contributed by atoms with Crippen LogP contribution in [0, 0.1) is 0 Å². The van der Waals surface area contributed by atoms with Gasteiger partial charge in [-0.05, 0) is 43.5 Å². The number of rotatable bonds is 4. The Balaban J connectivity index is 1.41. The van der Waals surface area contributed by atoms with Gasteiger partial charge in [-0.3, -0.25) is 10.1 Å². The zero-order valence-electron chi connectivity index (χ0n) is 18.5. The van der Waals surface area contributed by atoms with Crippen molar-refractivity contribution in [3.8, 4) is 28.5 Å². The molecule has 0 aromatic carbocycles. The molecule has 0 saturated carbocycles. The van der Waals surface area contributed by atoms with E-state index in [1.54, 1.807) is 19.5 Å². The Labute approximate surface area is 191 Å². The molecule has 0 bridgehead atoms. The number of hydrogen-bond donors (Lipinski definition) is 2. The topological polar surface area (TPSA) is 95.6 Å². The lowest BCUT2D eigenvalue weighted by Gasteiger charge is -2.30. The van der Waals surface area contributed by atoms with E-state index in [9.17, 15) is 0 Å². The van der Waals surface area contributed by atoms with Gasteiger partial charge in [0.15, 0.2) is 11.5 Å². The van der Waals surface area contributed by atoms with Gasteiger partial charge < -0.3 is 14.6 Å². The third-order valence-electron chi connectivity index (χ3n) is 6.31. The average molecular weight is 440 g/mol. The second-order valence-corrected chi connectivity index (χ2v) is 8.42. The standard InChI is InChI=1S/C25H25N7O/c1-33-17-13-16(14-26-15-17)18-9-10-20-23(27-18)24(31-30-20)25-28-19-7-3-4-8-21(22(19)29-25)32-11-5-2-6-12-32/h3-4,8-10,13-15H,2,5-7,11-12H2,1H3,(H,28,29)(H,30,31). The maximum atomic E-state index is 5.32. The van der Waals surface area contributed by atoms with Crippen LogP contribution in [0.4, 0.5) is 0 Å². The number of hydrogen-bond acceptors (Lipinski definition) is 6. The third kappa shape index (κ3) is 3.57. The van der Waals surface area contributed by atoms with E-state index in [0.717, 1.165) is 64.7 Å². The van der Waals surface area contributed by atoms with Crippen molar-refractivity contribution in [1.29, 1.82) is 0 Å². The van der Waals surface area contributed by atoms with Gasteiger partial charge in [0.25, 0.3) is 0 Å². The highest BCUT2D eigenvalue weighted by Crippen LogP contribution is 2.32. The number of piperidine rings is 1. The summed E-state index contributed by atoms with van der Waals surface area (Å²) >= 11 is 0. The molecule has 0 spiro atoms. The first-order valence-electron chi connectivity index (χ1n) is 11.4. The van der Waals surface area contributed by atoms with Gasteiger partial charge in [0.1, 0.15) is 17.0 Å². The van der Waals surface area contributed by atoms with E-state index in [1.165, 1.54) is 25.0 Å². The van der Waals surface area contributed by atoms with E-state index in [1.807, 2.05) is 18.2 Å². The molecule has 2 N–H and O–H groups in total. The molecule has 6 rings (SSSR count). The fourth-order valence-electron chi connectivity index (χ4n) is 4.59. The second kappa shape index (κ2) is 8.20. The molecule has 0 radical (unpaired) electrons. The predicted octanol–water partition coefficient (Wildman–Crippen LogP) is 4.36. The number of nitrogens with one attached hydrogen (secondary N) is 2. The average Bonchev–Trinajstić information content (AvgIpc) is 3.43. The van der Waals surface area contributed by atoms with E-state index < -0.39 is 0 Å². The number of aromatic nitrogens is 6. The number of H-pyrrole nitrogens is 2. The summed E-state index contributed by atoms with van der Waals surface area (Å²) in [6.07, 6.45) is 14.5. The molecule has 2 aliphatic rings. The summed E-state index contributed by atoms with van der Waals surface area (Å²) in [6, 6.07) is 5.88. The van der Waals surface area contributed by atoms with E-state index >= 15 is 0 Å². The Morgan fingerprint density at radius 2 is 1.94 bits per heavy atom. The minimum atomic E-state index is 0.696. The highest BCUT2D eigenvalue weighted by atomic mass is 16.5. The van der Waals surface area contributed by atoms with Gasteiger partial charge in [-0.2, -0.15) is 5.10 Å². The van der Waals surface area contributed by atoms with Gasteiger partial charge in [0.05, 0.1) is 30.2 Å². The second-order valence-electron chi connectivity index (χ2n) is 8.42. The summed E-state index contributed by atoms with van der Waals surface area (Å²) in [4.78, 5) is 20.2. The summed E-state index contributed by atoms with van der Waals surface area (Å²) in [5.74, 6) is 1.43. The Morgan fingerprint density at radius 3 is 2.82 bits per heavy atom. The van der Waals surface area contributed by atoms with Crippen molar-refractivity contribution in [3.05, 3.63) is 60.2 Å². The van der Waals surface area contributed by atoms with Crippen LogP contribution in [0.5, 0.6) is 5.75 Å². The third-order valence-corrected chi connectivity index (χ3v) is 6.31. The molecule has 0 amide bonds. The summed E-state index contributed by atoms with van der Waals surface area (Å²) in [7, 11) is 1.63. The Bertz CT molecular complexity index is 1370. The van der Waals surface area contributed by atoms with Crippen LogP contribution in [-0.2, 0) is 6.42 Å². The Morgan fingerprint density at radius 1 is 1.03 bits per heavy atom. The molecule has 0 atom stereocenters. The quantitative estimate of drug-likeness (QED) is 0.491. The number of ether oxygens (including phenoxy) is 1. The zero-order chi connectivity index (χ0) is 22.2. The van der Waals surface area contributed by atoms with Crippen LogP contribution < -0.4 is 4.74 Å². The number of imidazole rings is 1. The van der Waals surface area contributed by atoms with Crippen molar-refractivity contribution in [2.45, 2.75) is 25.7 Å². The lowest BCUT2D eigenvalue weighted by atomic mass is 10.1. The van der Waals surface area contributed by atoms with Crippen LogP contribution in [0.1, 0.15) is 30.7 Å². The van der Waals surface area contributed by atoms with Gasteiger partial charge in [0, 0.05) is 37.0 Å². The SMILES string of the molecule is COc1cncc(-c2ccc3[nH]nc(-c4nc5c([nH]4)CC=CC=C5N4CCCCC4)c3n2)c1. The van der Waals surface area contributed by atoms with Crippen LogP contribution >= 0.6 is 0 Å². The molecule has 5 heterocycles. The van der Waals surface area contributed by atoms with Crippen LogP contribution in [0.2, 0.25) is 0 Å². The highest BCUT2D eigenvalue weighted by Gasteiger charge is 2.24. The van der Waals surface area contributed by atoms with Gasteiger partial charge in [-0.25, -0.2) is 9.97 Å². The molecule has 8 heteroatoms. The number of methoxy groups -OCH3 is 1. The summed E-state index contributed by atoms with van der Waals surface area (Å²) < 4.78 is 5.32. The maximum Gasteiger partial charge on any atom is 0.161 e. The maximum absolute atomic E-state index is 5.32. The lowest BCUT2D eigenvalue weighted by Crippen LogP contribution is -2.28. The van der Waals surface area contributed by atoms with Crippen LogP contribution in [0.25, 0.3) is 39.5 Å². The monoisotopic (exact) mass is 439 g/mol. The Hall–Kier alpha value is -3.94. The van der Waals surface area contributed by atoms with Crippen molar-refractivity contribution in [3.63, 3.8) is 0 Å². The van der Waals surface area contributed by atoms with E-state index in [-0.39, 0.29) is 0 Å². The van der Waals surface area contributed by atoms with E-state index in [4.69, 9.17) is 14.7 Å². The van der Waals surface area contributed by atoms with Crippen LogP contribution in [0.15, 0.2) is 48.8 Å². The normalized spacial score (nSPS) is 15.9. The smallest absolute Gasteiger partial charge is 0.161 e. The van der Waals surface area contributed by atoms with Crippen molar-refractivity contribution >= 4 is 16.7 Å². The first-order chi connectivity index (χ1) is 16.3. The van der Waals surface area contributed by atoms with Crippen molar-refractivity contribution < 1.29 is 4.74 Å². The first kappa shape index (κ1) is 19.7. The molecule has 0 unspecified atom stereocenters. The lowest BCUT2D eigenvalue weighted by molar-refractivity contribution is 0.325. The van der Waals surface area contributed by atoms with E-state index in [0.29, 0.717) is 5.75 Å². The molecule has 1 fully saturated rings. The van der Waals surface area contributed by atoms with Gasteiger partial charge in [0.2, 0.25) is 0 Å². The number of pyridine rings is 2. The summed E-state index contributed by atoms with van der Waals surface area (Å²) in [5, 5.41) is 7.67. The largest absolute Gasteiger partial charge is 0.495 e. The molecule has 4 aromatic heterocycles. The molecule has 166 valence electrons. The van der Waals surface area contributed by atoms with E-state index in [2.05, 4.69) is 43.3 Å². The molecular formula is C25H25N7O. The molecule has 8 nitrogen and oxygen atoms in total. The molecule has 4 aromatic rings. The molecule has 1 saturated heterocycles. The minimum absolute atomic E-state index is 0.696. The van der Waals surface area contributed by atoms with Gasteiger partial charge in [-0.1, -0.05) is 12.2 Å². The molecule has 1 aliphatic carbocycles. The summed E-state index contributed by atoms with van der Waals surface area (Å²) in [6.45, 7) is 2.15. The predicted molar refractivity (Wildman–Crippen MR) is 127 cm³/mol. The number of fused-ring (bicyclic) bond motifs is 2. The number of likely N-dealkylation sites (tertiary alicyclic amines) is 1. The van der Waals surface area contributed by atoms with Crippen molar-refractivity contribution in [2.75, 3.05) is 20.2 Å². The van der Waals surface area contributed by atoms with Crippen LogP contribution in [-0.4, -0.2) is 55.2 Å². The zero-order valence-corrected chi connectivity index (χ0v) is 18.5. The van der Waals surface area contributed by atoms with Crippen molar-refractivity contribution in [1.82, 2.24) is 35.0 Å². The van der Waals surface area contributed by atoms with Crippen LogP contribution in [0.3, 0.4) is 0 Å². The molecular weight excluding hydrogens is 414 g/mol. The van der Waals surface area contributed by atoms with Gasteiger partial charge >= 0.3 is 0 Å². The van der Waals surface area contributed by atoms with Crippen molar-refractivity contribution in [2.24, 2.45) is 0 Å². The first-order valence-corrected chi connectivity index (χ1v) is 11.4. The number of aromatic amines is 2. The fraction of sp³-hybridized carbons (Fsp3) is 0.280. The minimum Gasteiger partial charge on any atom is -0.495 e. The molecule has 1 aliphatic heterocycles. The summed E-state index contributed by atoms with van der Waals surface area (Å²) in [5.41, 5.74) is 7.37. The highest BCUT2D eigenvalue weighted by molar-refractivity contribution is 5.89. The van der Waals surface area contributed by atoms with Gasteiger partial charge in [-0.15, -0.1) is 0 Å².